The molecule has 5 rings (SSSR count). The first-order chi connectivity index (χ1) is 14.7. The number of hydrazone groups is 1. The van der Waals surface area contributed by atoms with E-state index in [0.717, 1.165) is 17.0 Å². The van der Waals surface area contributed by atoms with Crippen molar-refractivity contribution in [1.29, 1.82) is 0 Å². The van der Waals surface area contributed by atoms with E-state index in [4.69, 9.17) is 5.10 Å². The zero-order valence-corrected chi connectivity index (χ0v) is 17.5. The smallest absolute Gasteiger partial charge is 0.241 e. The van der Waals surface area contributed by atoms with Crippen LogP contribution in [0.3, 0.4) is 0 Å². The van der Waals surface area contributed by atoms with Crippen LogP contribution in [0, 0.1) is 0 Å². The highest BCUT2D eigenvalue weighted by Crippen LogP contribution is 2.50. The van der Waals surface area contributed by atoms with Crippen molar-refractivity contribution in [3.05, 3.63) is 77.8 Å². The van der Waals surface area contributed by atoms with Crippen LogP contribution < -0.4 is 9.91 Å². The molecule has 3 aromatic rings. The summed E-state index contributed by atoms with van der Waals surface area (Å²) in [6, 6.07) is 17.0. The Morgan fingerprint density at radius 1 is 1.07 bits per heavy atom. The van der Waals surface area contributed by atoms with Gasteiger partial charge in [-0.1, -0.05) is 48.2 Å². The number of thioether (sulfide) groups is 1. The maximum atomic E-state index is 12.9. The number of allylic oxidation sites excluding steroid dienone is 1. The second-order valence-electron chi connectivity index (χ2n) is 6.88. The van der Waals surface area contributed by atoms with Gasteiger partial charge in [0.1, 0.15) is 5.75 Å². The summed E-state index contributed by atoms with van der Waals surface area (Å²) in [5.41, 5.74) is 2.46. The van der Waals surface area contributed by atoms with Crippen molar-refractivity contribution in [3.8, 4) is 5.75 Å². The molecule has 30 heavy (non-hydrogen) atoms. The summed E-state index contributed by atoms with van der Waals surface area (Å²) in [4.78, 5) is 18.4. The Morgan fingerprint density at radius 3 is 2.63 bits per heavy atom. The molecule has 1 atom stereocenters. The van der Waals surface area contributed by atoms with Crippen molar-refractivity contribution in [2.24, 2.45) is 5.10 Å². The summed E-state index contributed by atoms with van der Waals surface area (Å²) < 4.78 is 0. The lowest BCUT2D eigenvalue weighted by Gasteiger charge is -2.38. The third kappa shape index (κ3) is 3.18. The molecule has 1 amide bonds. The molecule has 1 fully saturated rings. The van der Waals surface area contributed by atoms with Gasteiger partial charge in [-0.05, 0) is 30.4 Å². The Balaban J connectivity index is 1.56. The normalized spacial score (nSPS) is 21.2. The van der Waals surface area contributed by atoms with E-state index in [1.165, 1.54) is 11.3 Å². The minimum Gasteiger partial charge on any atom is -0.507 e. The Bertz CT molecular complexity index is 1130. The number of aromatic hydroxyl groups is 1. The topological polar surface area (TPSA) is 69.0 Å². The predicted molar refractivity (Wildman–Crippen MR) is 123 cm³/mol. The van der Waals surface area contributed by atoms with Gasteiger partial charge in [0.2, 0.25) is 5.91 Å². The molecule has 8 heteroatoms. The average Bonchev–Trinajstić information content (AvgIpc) is 3.48. The summed E-state index contributed by atoms with van der Waals surface area (Å²) in [6.07, 6.45) is 6.02. The highest BCUT2D eigenvalue weighted by Gasteiger charge is 2.56. The van der Waals surface area contributed by atoms with Crippen LogP contribution in [0.2, 0.25) is 0 Å². The zero-order valence-electron chi connectivity index (χ0n) is 15.9. The molecule has 1 aromatic heterocycles. The number of nitrogens with zero attached hydrogens (tertiary/aromatic N) is 4. The standard InChI is InChI=1S/C22H18N4O2S2/c27-19-9-5-4-6-16(19)10-11-17-14-22(26(24-17)18-7-2-1-3-8-18)25(20(28)15-30-22)21-23-12-13-29-21/h1-13,27H,14-15H2/b11-10+. The number of hydrogen-bond donors (Lipinski definition) is 1. The lowest BCUT2D eigenvalue weighted by atomic mass is 10.1. The van der Waals surface area contributed by atoms with Gasteiger partial charge in [0, 0.05) is 23.6 Å². The number of carbonyl (C=O) groups is 1. The van der Waals surface area contributed by atoms with Crippen molar-refractivity contribution in [2.45, 2.75) is 11.4 Å². The molecule has 150 valence electrons. The highest BCUT2D eigenvalue weighted by molar-refractivity contribution is 8.02. The van der Waals surface area contributed by atoms with Gasteiger partial charge in [-0.3, -0.25) is 9.69 Å². The first-order valence-electron chi connectivity index (χ1n) is 9.43. The van der Waals surface area contributed by atoms with Crippen molar-refractivity contribution in [3.63, 3.8) is 0 Å². The van der Waals surface area contributed by atoms with Crippen molar-refractivity contribution in [2.75, 3.05) is 15.7 Å². The molecule has 2 aliphatic rings. The largest absolute Gasteiger partial charge is 0.507 e. The molecule has 0 saturated carbocycles. The van der Waals surface area contributed by atoms with Crippen LogP contribution in [0.4, 0.5) is 10.8 Å². The molecule has 2 aromatic carbocycles. The van der Waals surface area contributed by atoms with E-state index in [1.807, 2.05) is 65.0 Å². The molecule has 2 aliphatic heterocycles. The molecule has 1 spiro atoms. The summed E-state index contributed by atoms with van der Waals surface area (Å²) in [7, 11) is 0. The number of rotatable bonds is 4. The second kappa shape index (κ2) is 7.62. The van der Waals surface area contributed by atoms with E-state index in [2.05, 4.69) is 4.98 Å². The number of phenols is 1. The van der Waals surface area contributed by atoms with Crippen LogP contribution in [-0.4, -0.2) is 32.5 Å². The number of carbonyl (C=O) groups excluding carboxylic acids is 1. The highest BCUT2D eigenvalue weighted by atomic mass is 32.2. The molecule has 1 unspecified atom stereocenters. The maximum Gasteiger partial charge on any atom is 0.241 e. The molecule has 0 bridgehead atoms. The van der Waals surface area contributed by atoms with Crippen molar-refractivity contribution >= 4 is 51.6 Å². The molecule has 1 N–H and O–H groups in total. The molecule has 3 heterocycles. The van der Waals surface area contributed by atoms with Crippen LogP contribution in [-0.2, 0) is 4.79 Å². The van der Waals surface area contributed by atoms with Gasteiger partial charge < -0.3 is 5.11 Å². The lowest BCUT2D eigenvalue weighted by molar-refractivity contribution is -0.116. The van der Waals surface area contributed by atoms with Crippen LogP contribution in [0.5, 0.6) is 5.75 Å². The van der Waals surface area contributed by atoms with Crippen LogP contribution in [0.15, 0.2) is 77.4 Å². The average molecular weight is 435 g/mol. The van der Waals surface area contributed by atoms with Gasteiger partial charge >= 0.3 is 0 Å². The number of phenolic OH excluding ortho intramolecular Hbond substituents is 1. The van der Waals surface area contributed by atoms with E-state index in [0.29, 0.717) is 17.3 Å². The predicted octanol–water partition coefficient (Wildman–Crippen LogP) is 4.56. The fourth-order valence-corrected chi connectivity index (χ4v) is 5.76. The summed E-state index contributed by atoms with van der Waals surface area (Å²) in [5, 5.41) is 19.4. The Kier molecular flexibility index (Phi) is 4.80. The number of aromatic nitrogens is 1. The monoisotopic (exact) mass is 434 g/mol. The van der Waals surface area contributed by atoms with Gasteiger partial charge in [0.15, 0.2) is 10.1 Å². The third-order valence-electron chi connectivity index (χ3n) is 5.00. The first-order valence-corrected chi connectivity index (χ1v) is 11.3. The molecule has 1 saturated heterocycles. The summed E-state index contributed by atoms with van der Waals surface area (Å²) in [5.74, 6) is 0.614. The number of thiazole rings is 1. The van der Waals surface area contributed by atoms with Crippen LogP contribution in [0.1, 0.15) is 12.0 Å². The van der Waals surface area contributed by atoms with E-state index >= 15 is 0 Å². The molecule has 6 nitrogen and oxygen atoms in total. The molecular formula is C22H18N4O2S2. The summed E-state index contributed by atoms with van der Waals surface area (Å²) in [6.45, 7) is 0. The van der Waals surface area contributed by atoms with Gasteiger partial charge in [0.25, 0.3) is 0 Å². The maximum absolute atomic E-state index is 12.9. The Hall–Kier alpha value is -3.10. The van der Waals surface area contributed by atoms with Gasteiger partial charge in [0.05, 0.1) is 17.2 Å². The van der Waals surface area contributed by atoms with Crippen molar-refractivity contribution < 1.29 is 9.90 Å². The van der Waals surface area contributed by atoms with E-state index in [9.17, 15) is 9.90 Å². The van der Waals surface area contributed by atoms with Gasteiger partial charge in [-0.25, -0.2) is 9.99 Å². The quantitative estimate of drug-likeness (QED) is 0.652. The summed E-state index contributed by atoms with van der Waals surface area (Å²) >= 11 is 3.02. The molecular weight excluding hydrogens is 416 g/mol. The fraction of sp³-hybridized carbons (Fsp3) is 0.136. The lowest BCUT2D eigenvalue weighted by Crippen LogP contribution is -2.53. The Labute approximate surface area is 182 Å². The van der Waals surface area contributed by atoms with Gasteiger partial charge in [-0.2, -0.15) is 5.10 Å². The number of amides is 1. The van der Waals surface area contributed by atoms with E-state index < -0.39 is 4.99 Å². The van der Waals surface area contributed by atoms with Crippen LogP contribution in [0.25, 0.3) is 6.08 Å². The number of benzene rings is 2. The number of hydrogen-bond acceptors (Lipinski definition) is 7. The minimum atomic E-state index is -0.700. The minimum absolute atomic E-state index is 0.0250. The van der Waals surface area contributed by atoms with Crippen LogP contribution >= 0.6 is 23.1 Å². The SMILES string of the molecule is O=C1CSC2(CC(/C=C/c3ccccc3O)=NN2c2ccccc2)N1c1nccs1. The van der Waals surface area contributed by atoms with Crippen molar-refractivity contribution in [1.82, 2.24) is 4.98 Å². The first kappa shape index (κ1) is 18.9. The zero-order chi connectivity index (χ0) is 20.6. The second-order valence-corrected chi connectivity index (χ2v) is 8.99. The molecule has 0 aliphatic carbocycles. The fourth-order valence-electron chi connectivity index (χ4n) is 3.66. The van der Waals surface area contributed by atoms with E-state index in [1.54, 1.807) is 35.0 Å². The third-order valence-corrected chi connectivity index (χ3v) is 7.11. The molecule has 0 radical (unpaired) electrons. The number of anilines is 2. The van der Waals surface area contributed by atoms with Gasteiger partial charge in [-0.15, -0.1) is 11.3 Å². The number of para-hydroxylation sites is 2. The van der Waals surface area contributed by atoms with E-state index in [-0.39, 0.29) is 11.7 Å². The Morgan fingerprint density at radius 2 is 1.87 bits per heavy atom.